The number of ether oxygens (including phenoxy) is 1. The van der Waals surface area contributed by atoms with E-state index in [1.165, 1.54) is 17.5 Å². The predicted octanol–water partition coefficient (Wildman–Crippen LogP) is 7.05. The summed E-state index contributed by atoms with van der Waals surface area (Å²) in [7, 11) is 0. The topological polar surface area (TPSA) is 83.8 Å². The van der Waals surface area contributed by atoms with Gasteiger partial charge >= 0.3 is 11.9 Å². The van der Waals surface area contributed by atoms with E-state index in [4.69, 9.17) is 14.9 Å². The highest BCUT2D eigenvalue weighted by atomic mass is 16.5. The van der Waals surface area contributed by atoms with Crippen LogP contribution in [0, 0.1) is 11.8 Å². The van der Waals surface area contributed by atoms with Crippen LogP contribution in [0.1, 0.15) is 62.8 Å². The maximum atomic E-state index is 10.5. The molecule has 0 bridgehead atoms. The summed E-state index contributed by atoms with van der Waals surface area (Å²) in [6.45, 7) is 9.19. The highest BCUT2D eigenvalue weighted by Crippen LogP contribution is 2.47. The van der Waals surface area contributed by atoms with Gasteiger partial charge in [-0.3, -0.25) is 0 Å². The third-order valence-corrected chi connectivity index (χ3v) is 6.45. The van der Waals surface area contributed by atoms with Crippen molar-refractivity contribution in [3.63, 3.8) is 0 Å². The molecule has 0 fully saturated rings. The van der Waals surface area contributed by atoms with Crippen LogP contribution in [-0.2, 0) is 20.4 Å². The summed E-state index contributed by atoms with van der Waals surface area (Å²) >= 11 is 0. The molecule has 1 aliphatic rings. The highest BCUT2D eigenvalue weighted by molar-refractivity contribution is 5.87. The first-order valence-electron chi connectivity index (χ1n) is 12.1. The quantitative estimate of drug-likeness (QED) is 0.299. The van der Waals surface area contributed by atoms with E-state index in [1.54, 1.807) is 30.3 Å². The van der Waals surface area contributed by atoms with Crippen LogP contribution in [0.3, 0.4) is 0 Å². The van der Waals surface area contributed by atoms with E-state index in [-0.39, 0.29) is 10.8 Å². The first-order valence-corrected chi connectivity index (χ1v) is 12.1. The molecule has 0 radical (unpaired) electrons. The second-order valence-electron chi connectivity index (χ2n) is 10.2. The Bertz CT molecular complexity index is 1340. The first-order chi connectivity index (χ1) is 17.5. The molecule has 3 aromatic carbocycles. The van der Waals surface area contributed by atoms with Gasteiger partial charge in [0.25, 0.3) is 0 Å². The predicted molar refractivity (Wildman–Crippen MR) is 146 cm³/mol. The molecule has 0 spiro atoms. The van der Waals surface area contributed by atoms with Gasteiger partial charge in [0.2, 0.25) is 0 Å². The van der Waals surface area contributed by atoms with Crippen molar-refractivity contribution < 1.29 is 24.5 Å². The lowest BCUT2D eigenvalue weighted by atomic mass is 9.63. The van der Waals surface area contributed by atoms with Crippen LogP contribution in [0.15, 0.2) is 78.9 Å². The van der Waals surface area contributed by atoms with Crippen molar-refractivity contribution in [3.8, 4) is 23.3 Å². The maximum Gasteiger partial charge on any atom is 0.382 e. The van der Waals surface area contributed by atoms with Gasteiger partial charge in [0, 0.05) is 17.6 Å². The van der Waals surface area contributed by atoms with Gasteiger partial charge in [-0.25, -0.2) is 9.59 Å². The normalized spacial score (nSPS) is 14.8. The maximum absolute atomic E-state index is 10.5. The zero-order chi connectivity index (χ0) is 27.1. The molecule has 5 heteroatoms. The van der Waals surface area contributed by atoms with Gasteiger partial charge < -0.3 is 14.9 Å². The highest BCUT2D eigenvalue weighted by Gasteiger charge is 2.37. The van der Waals surface area contributed by atoms with Crippen molar-refractivity contribution in [1.29, 1.82) is 0 Å². The third-order valence-electron chi connectivity index (χ3n) is 6.45. The van der Waals surface area contributed by atoms with Gasteiger partial charge in [-0.05, 0) is 82.8 Å². The molecule has 0 aromatic heterocycles. The van der Waals surface area contributed by atoms with Gasteiger partial charge in [-0.15, -0.1) is 0 Å². The molecular weight excluding hydrogens is 464 g/mol. The molecule has 190 valence electrons. The number of carboxylic acid groups (broad SMARTS) is 2. The number of hydrogen-bond acceptors (Lipinski definition) is 3. The Hall–Kier alpha value is -4.30. The molecule has 0 heterocycles. The van der Waals surface area contributed by atoms with Gasteiger partial charge in [-0.1, -0.05) is 70.0 Å². The van der Waals surface area contributed by atoms with E-state index in [1.807, 2.05) is 36.4 Å². The summed E-state index contributed by atoms with van der Waals surface area (Å²) in [5.41, 5.74) is 4.63. The fraction of sp³-hybridized carbons (Fsp3) is 0.250. The number of benzene rings is 3. The average Bonchev–Trinajstić information content (AvgIpc) is 2.86. The lowest BCUT2D eigenvalue weighted by molar-refractivity contribution is -0.132. The minimum atomic E-state index is -1.13. The average molecular weight is 497 g/mol. The molecule has 5 nitrogen and oxygen atoms in total. The summed E-state index contributed by atoms with van der Waals surface area (Å²) in [5.74, 6) is 4.17. The van der Waals surface area contributed by atoms with Crippen molar-refractivity contribution >= 4 is 18.0 Å². The van der Waals surface area contributed by atoms with Crippen molar-refractivity contribution in [1.82, 2.24) is 0 Å². The molecule has 0 aliphatic heterocycles. The van der Waals surface area contributed by atoms with Gasteiger partial charge in [0.1, 0.15) is 11.5 Å². The van der Waals surface area contributed by atoms with Crippen LogP contribution in [0.4, 0.5) is 0 Å². The van der Waals surface area contributed by atoms with Crippen LogP contribution in [0.5, 0.6) is 11.5 Å². The van der Waals surface area contributed by atoms with Crippen LogP contribution >= 0.6 is 0 Å². The number of fused-ring (bicyclic) bond motifs is 1. The Morgan fingerprint density at radius 1 is 0.811 bits per heavy atom. The zero-order valence-corrected chi connectivity index (χ0v) is 21.6. The number of rotatable bonds is 4. The SMILES string of the molecule is CC1(C)CCC(C)(C)c2cc(Oc3ccc(C#CC(=O)O)cc3)ccc21.O=C(O)C=Cc1ccccc1. The summed E-state index contributed by atoms with van der Waals surface area (Å²) in [4.78, 5) is 20.6. The van der Waals surface area contributed by atoms with Crippen LogP contribution in [0.25, 0.3) is 6.08 Å². The summed E-state index contributed by atoms with van der Waals surface area (Å²) in [6.07, 6.45) is 5.02. The minimum absolute atomic E-state index is 0.139. The van der Waals surface area contributed by atoms with E-state index in [2.05, 4.69) is 51.7 Å². The largest absolute Gasteiger partial charge is 0.478 e. The summed E-state index contributed by atoms with van der Waals surface area (Å²) < 4.78 is 6.02. The van der Waals surface area contributed by atoms with E-state index in [9.17, 15) is 9.59 Å². The van der Waals surface area contributed by atoms with Crippen molar-refractivity contribution in [2.24, 2.45) is 0 Å². The first kappa shape index (κ1) is 27.3. The molecule has 3 aromatic rings. The van der Waals surface area contributed by atoms with Gasteiger partial charge in [-0.2, -0.15) is 0 Å². The van der Waals surface area contributed by atoms with Crippen molar-refractivity contribution in [3.05, 3.63) is 101 Å². The van der Waals surface area contributed by atoms with Crippen molar-refractivity contribution in [2.45, 2.75) is 51.4 Å². The van der Waals surface area contributed by atoms with Crippen LogP contribution in [-0.4, -0.2) is 22.2 Å². The monoisotopic (exact) mass is 496 g/mol. The molecule has 0 amide bonds. The zero-order valence-electron chi connectivity index (χ0n) is 21.6. The lowest BCUT2D eigenvalue weighted by Crippen LogP contribution is -2.33. The standard InChI is InChI=1S/C23H24O3.C9H8O2/c1-22(2)13-14-23(3,4)20-15-18(10-11-19(20)22)26-17-8-5-16(6-9-17)7-12-21(24)25;10-9(11)7-6-8-4-2-1-3-5-8/h5-6,8-11,15H,13-14H2,1-4H3,(H,24,25);1-7H,(H,10,11). The summed E-state index contributed by atoms with van der Waals surface area (Å²) in [6, 6.07) is 22.8. The number of carboxylic acids is 2. The molecule has 2 N–H and O–H groups in total. The van der Waals surface area contributed by atoms with Gasteiger partial charge in [0.05, 0.1) is 0 Å². The second-order valence-corrected chi connectivity index (χ2v) is 10.2. The smallest absolute Gasteiger partial charge is 0.382 e. The minimum Gasteiger partial charge on any atom is -0.478 e. The summed E-state index contributed by atoms with van der Waals surface area (Å²) in [5, 5.41) is 16.9. The van der Waals surface area contributed by atoms with E-state index in [0.29, 0.717) is 11.3 Å². The van der Waals surface area contributed by atoms with Crippen LogP contribution < -0.4 is 4.74 Å². The van der Waals surface area contributed by atoms with Gasteiger partial charge in [0.15, 0.2) is 0 Å². The Morgan fingerprint density at radius 3 is 2.00 bits per heavy atom. The van der Waals surface area contributed by atoms with Crippen molar-refractivity contribution in [2.75, 3.05) is 0 Å². The Balaban J connectivity index is 0.000000289. The molecule has 0 saturated heterocycles. The molecule has 0 atom stereocenters. The van der Waals surface area contributed by atoms with E-state index < -0.39 is 11.9 Å². The number of hydrogen-bond donors (Lipinski definition) is 2. The molecular formula is C32H32O5. The molecule has 0 saturated carbocycles. The van der Waals surface area contributed by atoms with Crippen LogP contribution in [0.2, 0.25) is 0 Å². The fourth-order valence-electron chi connectivity index (χ4n) is 4.23. The van der Waals surface area contributed by atoms with E-state index in [0.717, 1.165) is 23.8 Å². The van der Waals surface area contributed by atoms with E-state index >= 15 is 0 Å². The fourth-order valence-corrected chi connectivity index (χ4v) is 4.23. The number of aliphatic carboxylic acids is 2. The Morgan fingerprint density at radius 2 is 1.41 bits per heavy atom. The molecule has 4 rings (SSSR count). The third kappa shape index (κ3) is 7.85. The molecule has 0 unspecified atom stereocenters. The Labute approximate surface area is 218 Å². The number of carbonyl (C=O) groups is 2. The second kappa shape index (κ2) is 11.6. The lowest BCUT2D eigenvalue weighted by Gasteiger charge is -2.41. The molecule has 1 aliphatic carbocycles. The Kier molecular flexibility index (Phi) is 8.57. The molecule has 37 heavy (non-hydrogen) atoms.